The fraction of sp³-hybridized carbons (Fsp3) is 0.381. The Morgan fingerprint density at radius 2 is 1.76 bits per heavy atom. The van der Waals surface area contributed by atoms with Gasteiger partial charge in [-0.3, -0.25) is 4.79 Å². The van der Waals surface area contributed by atoms with E-state index < -0.39 is 0 Å². The van der Waals surface area contributed by atoms with Crippen molar-refractivity contribution in [2.75, 3.05) is 19.8 Å². The highest BCUT2D eigenvalue weighted by molar-refractivity contribution is 5.83. The van der Waals surface area contributed by atoms with E-state index in [-0.39, 0.29) is 31.1 Å². The topological polar surface area (TPSA) is 58.6 Å². The van der Waals surface area contributed by atoms with E-state index in [4.69, 9.17) is 9.84 Å². The molecule has 2 aromatic carbocycles. The third kappa shape index (κ3) is 5.69. The second-order valence-electron chi connectivity index (χ2n) is 6.11. The standard InChI is InChI=1S/C21H27NO3/c1-3-19(17-7-5-4-6-8-17)21(24)22-15-20(25-14-13-23)18-11-9-16(2)10-12-18/h4-12,19-20,23H,3,13-15H2,1-2H3,(H,22,24)/t19-,20+/m1/s1. The molecule has 0 unspecified atom stereocenters. The van der Waals surface area contributed by atoms with Crippen molar-refractivity contribution in [3.63, 3.8) is 0 Å². The minimum absolute atomic E-state index is 0.00147. The van der Waals surface area contributed by atoms with Gasteiger partial charge in [0.05, 0.1) is 25.2 Å². The molecule has 1 amide bonds. The lowest BCUT2D eigenvalue weighted by molar-refractivity contribution is -0.123. The zero-order valence-corrected chi connectivity index (χ0v) is 14.9. The Morgan fingerprint density at radius 3 is 2.36 bits per heavy atom. The number of nitrogens with one attached hydrogen (secondary N) is 1. The Balaban J connectivity index is 2.03. The summed E-state index contributed by atoms with van der Waals surface area (Å²) in [5.74, 6) is -0.170. The van der Waals surface area contributed by atoms with Gasteiger partial charge in [-0.2, -0.15) is 0 Å². The van der Waals surface area contributed by atoms with Crippen molar-refractivity contribution in [3.05, 3.63) is 71.3 Å². The summed E-state index contributed by atoms with van der Waals surface area (Å²) in [6.07, 6.45) is 0.465. The Kier molecular flexibility index (Phi) is 7.64. The minimum Gasteiger partial charge on any atom is -0.394 e. The maximum absolute atomic E-state index is 12.6. The molecular formula is C21H27NO3. The van der Waals surface area contributed by atoms with Crippen molar-refractivity contribution < 1.29 is 14.6 Å². The summed E-state index contributed by atoms with van der Waals surface area (Å²) in [4.78, 5) is 12.6. The van der Waals surface area contributed by atoms with Crippen molar-refractivity contribution in [1.29, 1.82) is 0 Å². The number of ether oxygens (including phenoxy) is 1. The molecule has 4 nitrogen and oxygen atoms in total. The van der Waals surface area contributed by atoms with E-state index in [9.17, 15) is 4.79 Å². The molecule has 0 saturated carbocycles. The number of carbonyl (C=O) groups is 1. The number of rotatable bonds is 9. The minimum atomic E-state index is -0.273. The second kappa shape index (κ2) is 9.97. The number of hydrogen-bond acceptors (Lipinski definition) is 3. The van der Waals surface area contributed by atoms with Crippen LogP contribution in [0.3, 0.4) is 0 Å². The van der Waals surface area contributed by atoms with E-state index in [1.54, 1.807) is 0 Å². The van der Waals surface area contributed by atoms with Crippen LogP contribution in [0.15, 0.2) is 54.6 Å². The van der Waals surface area contributed by atoms with Gasteiger partial charge in [-0.05, 0) is 24.5 Å². The van der Waals surface area contributed by atoms with Crippen molar-refractivity contribution in [2.45, 2.75) is 32.3 Å². The summed E-state index contributed by atoms with van der Waals surface area (Å²) in [5, 5.41) is 12.1. The fourth-order valence-corrected chi connectivity index (χ4v) is 2.82. The van der Waals surface area contributed by atoms with Crippen LogP contribution in [0, 0.1) is 6.92 Å². The van der Waals surface area contributed by atoms with Gasteiger partial charge in [-0.1, -0.05) is 67.1 Å². The smallest absolute Gasteiger partial charge is 0.227 e. The molecule has 2 aromatic rings. The highest BCUT2D eigenvalue weighted by atomic mass is 16.5. The molecule has 0 fully saturated rings. The van der Waals surface area contributed by atoms with Crippen molar-refractivity contribution >= 4 is 5.91 Å². The molecule has 2 rings (SSSR count). The molecule has 4 heteroatoms. The lowest BCUT2D eigenvalue weighted by Crippen LogP contribution is -2.33. The first-order chi connectivity index (χ1) is 12.2. The predicted molar refractivity (Wildman–Crippen MR) is 99.4 cm³/mol. The largest absolute Gasteiger partial charge is 0.394 e. The molecule has 134 valence electrons. The molecule has 0 aromatic heterocycles. The van der Waals surface area contributed by atoms with Gasteiger partial charge in [-0.25, -0.2) is 0 Å². The summed E-state index contributed by atoms with van der Waals surface area (Å²) >= 11 is 0. The number of carbonyl (C=O) groups excluding carboxylic acids is 1. The molecular weight excluding hydrogens is 314 g/mol. The van der Waals surface area contributed by atoms with Gasteiger partial charge < -0.3 is 15.2 Å². The van der Waals surface area contributed by atoms with Crippen LogP contribution < -0.4 is 5.32 Å². The van der Waals surface area contributed by atoms with Crippen LogP contribution >= 0.6 is 0 Å². The third-order valence-corrected chi connectivity index (χ3v) is 4.25. The molecule has 0 saturated heterocycles. The Bertz CT molecular complexity index is 640. The summed E-state index contributed by atoms with van der Waals surface area (Å²) in [6.45, 7) is 4.62. The molecule has 0 radical (unpaired) electrons. The number of hydrogen-bond donors (Lipinski definition) is 2. The second-order valence-corrected chi connectivity index (χ2v) is 6.11. The molecule has 0 aliphatic rings. The highest BCUT2D eigenvalue weighted by Gasteiger charge is 2.20. The first kappa shape index (κ1) is 19.2. The third-order valence-electron chi connectivity index (χ3n) is 4.25. The summed E-state index contributed by atoms with van der Waals surface area (Å²) in [5.41, 5.74) is 3.18. The van der Waals surface area contributed by atoms with E-state index in [1.165, 1.54) is 5.56 Å². The van der Waals surface area contributed by atoms with E-state index in [2.05, 4.69) is 5.32 Å². The zero-order valence-electron chi connectivity index (χ0n) is 14.9. The highest BCUT2D eigenvalue weighted by Crippen LogP contribution is 2.21. The van der Waals surface area contributed by atoms with Gasteiger partial charge in [0.15, 0.2) is 0 Å². The fourth-order valence-electron chi connectivity index (χ4n) is 2.82. The molecule has 0 bridgehead atoms. The lowest BCUT2D eigenvalue weighted by Gasteiger charge is -2.21. The van der Waals surface area contributed by atoms with Crippen LogP contribution in [0.2, 0.25) is 0 Å². The summed E-state index contributed by atoms with van der Waals surface area (Å²) in [6, 6.07) is 17.8. The van der Waals surface area contributed by atoms with E-state index >= 15 is 0 Å². The Morgan fingerprint density at radius 1 is 1.08 bits per heavy atom. The van der Waals surface area contributed by atoms with Gasteiger partial charge in [-0.15, -0.1) is 0 Å². The SMILES string of the molecule is CC[C@@H](C(=O)NC[C@H](OCCO)c1ccc(C)cc1)c1ccccc1. The normalized spacial score (nSPS) is 13.2. The molecule has 2 N–H and O–H groups in total. The summed E-state index contributed by atoms with van der Waals surface area (Å²) < 4.78 is 5.72. The summed E-state index contributed by atoms with van der Waals surface area (Å²) in [7, 11) is 0. The van der Waals surface area contributed by atoms with Crippen molar-refractivity contribution in [3.8, 4) is 0 Å². The van der Waals surface area contributed by atoms with Crippen LogP contribution in [0.25, 0.3) is 0 Å². The van der Waals surface area contributed by atoms with E-state index in [1.807, 2.05) is 68.4 Å². The maximum Gasteiger partial charge on any atom is 0.227 e. The Labute approximate surface area is 149 Å². The molecule has 2 atom stereocenters. The van der Waals surface area contributed by atoms with Crippen LogP contribution in [-0.2, 0) is 9.53 Å². The van der Waals surface area contributed by atoms with Gasteiger partial charge in [0, 0.05) is 6.54 Å². The average molecular weight is 341 g/mol. The van der Waals surface area contributed by atoms with Crippen LogP contribution in [-0.4, -0.2) is 30.8 Å². The predicted octanol–water partition coefficient (Wildman–Crippen LogP) is 3.36. The van der Waals surface area contributed by atoms with E-state index in [0.717, 1.165) is 17.5 Å². The van der Waals surface area contributed by atoms with E-state index in [0.29, 0.717) is 6.54 Å². The number of aliphatic hydroxyl groups is 1. The van der Waals surface area contributed by atoms with Gasteiger partial charge in [0.2, 0.25) is 5.91 Å². The van der Waals surface area contributed by atoms with Gasteiger partial charge in [0.25, 0.3) is 0 Å². The van der Waals surface area contributed by atoms with Crippen molar-refractivity contribution in [2.24, 2.45) is 0 Å². The molecule has 0 spiro atoms. The van der Waals surface area contributed by atoms with Crippen LogP contribution in [0.5, 0.6) is 0 Å². The lowest BCUT2D eigenvalue weighted by atomic mass is 9.95. The number of aryl methyl sites for hydroxylation is 1. The average Bonchev–Trinajstić information content (AvgIpc) is 2.64. The van der Waals surface area contributed by atoms with Crippen LogP contribution in [0.1, 0.15) is 42.1 Å². The van der Waals surface area contributed by atoms with Crippen LogP contribution in [0.4, 0.5) is 0 Å². The Hall–Kier alpha value is -2.17. The number of amides is 1. The first-order valence-corrected chi connectivity index (χ1v) is 8.77. The van der Waals surface area contributed by atoms with Crippen molar-refractivity contribution in [1.82, 2.24) is 5.32 Å². The molecule has 0 aliphatic heterocycles. The molecule has 0 heterocycles. The molecule has 25 heavy (non-hydrogen) atoms. The quantitative estimate of drug-likeness (QED) is 0.735. The number of aliphatic hydroxyl groups excluding tert-OH is 1. The molecule has 0 aliphatic carbocycles. The number of benzene rings is 2. The zero-order chi connectivity index (χ0) is 18.1. The maximum atomic E-state index is 12.6. The monoisotopic (exact) mass is 341 g/mol. The first-order valence-electron chi connectivity index (χ1n) is 8.77. The van der Waals surface area contributed by atoms with Gasteiger partial charge >= 0.3 is 0 Å². The van der Waals surface area contributed by atoms with Gasteiger partial charge in [0.1, 0.15) is 0 Å².